The number of aromatic nitrogens is 1. The third-order valence-corrected chi connectivity index (χ3v) is 5.33. The van der Waals surface area contributed by atoms with E-state index < -0.39 is 5.97 Å². The van der Waals surface area contributed by atoms with Crippen molar-refractivity contribution in [1.29, 1.82) is 0 Å². The van der Waals surface area contributed by atoms with Crippen LogP contribution in [0.25, 0.3) is 11.8 Å². The number of amides is 1. The standard InChI is InChI=1S/C22H17N3O3S/c1-14-6-2-3-10-18(14)23-22-24-20(26)19(29-22)13-17-9-5-11-25(17)16-8-4-7-15(12-16)21(27)28/h2-13H,1H3,(H,27,28)(H,23,24,26)/b19-13+. The summed E-state index contributed by atoms with van der Waals surface area (Å²) in [5.41, 5.74) is 3.52. The molecule has 1 saturated heterocycles. The first kappa shape index (κ1) is 18.8. The molecule has 1 amide bonds. The number of carboxylic acid groups (broad SMARTS) is 1. The molecule has 3 aromatic rings. The monoisotopic (exact) mass is 403 g/mol. The maximum atomic E-state index is 12.4. The smallest absolute Gasteiger partial charge is 0.335 e. The molecule has 7 heteroatoms. The topological polar surface area (TPSA) is 83.7 Å². The van der Waals surface area contributed by atoms with E-state index in [-0.39, 0.29) is 11.5 Å². The summed E-state index contributed by atoms with van der Waals surface area (Å²) in [5, 5.41) is 12.5. The highest BCUT2D eigenvalue weighted by Gasteiger charge is 2.24. The number of para-hydroxylation sites is 1. The third-order valence-electron chi connectivity index (χ3n) is 4.42. The van der Waals surface area contributed by atoms with E-state index in [1.807, 2.05) is 60.2 Å². The number of carbonyl (C=O) groups excluding carboxylic acids is 1. The van der Waals surface area contributed by atoms with Crippen molar-refractivity contribution in [1.82, 2.24) is 9.88 Å². The lowest BCUT2D eigenvalue weighted by Crippen LogP contribution is -2.19. The summed E-state index contributed by atoms with van der Waals surface area (Å²) in [5.74, 6) is -1.20. The third kappa shape index (κ3) is 4.00. The van der Waals surface area contributed by atoms with Crippen LogP contribution in [0.5, 0.6) is 0 Å². The Kier molecular flexibility index (Phi) is 5.05. The number of nitrogens with zero attached hydrogens (tertiary/aromatic N) is 2. The quantitative estimate of drug-likeness (QED) is 0.634. The molecule has 144 valence electrons. The molecule has 0 atom stereocenters. The van der Waals surface area contributed by atoms with Crippen molar-refractivity contribution < 1.29 is 14.7 Å². The van der Waals surface area contributed by atoms with Crippen LogP contribution in [0.15, 0.2) is 76.8 Å². The van der Waals surface area contributed by atoms with E-state index in [1.54, 1.807) is 24.3 Å². The number of thioether (sulfide) groups is 1. The summed E-state index contributed by atoms with van der Waals surface area (Å²) in [7, 11) is 0. The molecule has 6 nitrogen and oxygen atoms in total. The minimum absolute atomic E-state index is 0.204. The second kappa shape index (κ2) is 7.81. The summed E-state index contributed by atoms with van der Waals surface area (Å²) in [4.78, 5) is 28.7. The largest absolute Gasteiger partial charge is 0.478 e. The van der Waals surface area contributed by atoms with Gasteiger partial charge in [0.15, 0.2) is 5.17 Å². The normalized spacial score (nSPS) is 16.4. The van der Waals surface area contributed by atoms with E-state index in [2.05, 4.69) is 10.3 Å². The van der Waals surface area contributed by atoms with Gasteiger partial charge in [-0.25, -0.2) is 9.79 Å². The first-order valence-corrected chi connectivity index (χ1v) is 9.69. The Morgan fingerprint density at radius 2 is 1.97 bits per heavy atom. The molecule has 0 aliphatic carbocycles. The molecule has 29 heavy (non-hydrogen) atoms. The molecule has 1 aliphatic rings. The molecule has 2 aromatic carbocycles. The van der Waals surface area contributed by atoms with Gasteiger partial charge < -0.3 is 15.0 Å². The summed E-state index contributed by atoms with van der Waals surface area (Å²) in [6.45, 7) is 1.97. The average molecular weight is 403 g/mol. The predicted octanol–water partition coefficient (Wildman–Crippen LogP) is 4.38. The van der Waals surface area contributed by atoms with Crippen LogP contribution >= 0.6 is 11.8 Å². The molecule has 0 radical (unpaired) electrons. The first-order chi connectivity index (χ1) is 14.0. The molecule has 0 bridgehead atoms. The van der Waals surface area contributed by atoms with Crippen LogP contribution in [0.4, 0.5) is 5.69 Å². The van der Waals surface area contributed by atoms with Crippen LogP contribution in [-0.2, 0) is 4.79 Å². The highest BCUT2D eigenvalue weighted by Crippen LogP contribution is 2.29. The van der Waals surface area contributed by atoms with Gasteiger partial charge in [-0.05, 0) is 66.7 Å². The number of carboxylic acids is 1. The summed E-state index contributed by atoms with van der Waals surface area (Å²) in [6, 6.07) is 18.1. The van der Waals surface area contributed by atoms with Gasteiger partial charge in [0.2, 0.25) is 0 Å². The highest BCUT2D eigenvalue weighted by atomic mass is 32.2. The van der Waals surface area contributed by atoms with E-state index in [0.717, 1.165) is 16.9 Å². The number of amidine groups is 1. The molecule has 1 aromatic heterocycles. The van der Waals surface area contributed by atoms with E-state index in [0.29, 0.717) is 15.8 Å². The van der Waals surface area contributed by atoms with Gasteiger partial charge in [-0.15, -0.1) is 0 Å². The Labute approximate surface area is 171 Å². The average Bonchev–Trinajstić information content (AvgIpc) is 3.30. The van der Waals surface area contributed by atoms with E-state index in [1.165, 1.54) is 11.8 Å². The van der Waals surface area contributed by atoms with Crippen molar-refractivity contribution in [2.45, 2.75) is 6.92 Å². The number of nitrogens with one attached hydrogen (secondary N) is 1. The molecule has 4 rings (SSSR count). The maximum Gasteiger partial charge on any atom is 0.335 e. The molecule has 0 spiro atoms. The van der Waals surface area contributed by atoms with Gasteiger partial charge in [0.05, 0.1) is 16.2 Å². The molecule has 2 heterocycles. The first-order valence-electron chi connectivity index (χ1n) is 8.87. The van der Waals surface area contributed by atoms with Gasteiger partial charge >= 0.3 is 5.97 Å². The number of hydrogen-bond acceptors (Lipinski definition) is 4. The second-order valence-electron chi connectivity index (χ2n) is 6.43. The van der Waals surface area contributed by atoms with Crippen LogP contribution in [0.2, 0.25) is 0 Å². The zero-order valence-corrected chi connectivity index (χ0v) is 16.3. The Morgan fingerprint density at radius 3 is 2.76 bits per heavy atom. The van der Waals surface area contributed by atoms with Crippen molar-refractivity contribution in [2.24, 2.45) is 4.99 Å². The zero-order valence-electron chi connectivity index (χ0n) is 15.5. The van der Waals surface area contributed by atoms with Crippen LogP contribution in [0.1, 0.15) is 21.6 Å². The zero-order chi connectivity index (χ0) is 20.4. The molecule has 2 N–H and O–H groups in total. The van der Waals surface area contributed by atoms with Gasteiger partial charge in [-0.1, -0.05) is 24.3 Å². The van der Waals surface area contributed by atoms with E-state index in [4.69, 9.17) is 0 Å². The number of carbonyl (C=O) groups is 2. The predicted molar refractivity (Wildman–Crippen MR) is 115 cm³/mol. The molecule has 0 saturated carbocycles. The van der Waals surface area contributed by atoms with E-state index >= 15 is 0 Å². The Morgan fingerprint density at radius 1 is 1.14 bits per heavy atom. The number of hydrogen-bond donors (Lipinski definition) is 2. The Bertz CT molecular complexity index is 1180. The highest BCUT2D eigenvalue weighted by molar-refractivity contribution is 8.18. The minimum atomic E-state index is -0.985. The Hall–Kier alpha value is -3.58. The summed E-state index contributed by atoms with van der Waals surface area (Å²) in [6.07, 6.45) is 3.60. The molecule has 0 unspecified atom stereocenters. The number of aliphatic imine (C=N–C) groups is 1. The van der Waals surface area contributed by atoms with Gasteiger partial charge in [0.25, 0.3) is 5.91 Å². The molecule has 1 fully saturated rings. The summed E-state index contributed by atoms with van der Waals surface area (Å²) < 4.78 is 1.84. The molecular weight excluding hydrogens is 386 g/mol. The number of aryl methyl sites for hydroxylation is 1. The fraction of sp³-hybridized carbons (Fsp3) is 0.0455. The van der Waals surface area contributed by atoms with Gasteiger partial charge in [-0.3, -0.25) is 4.79 Å². The van der Waals surface area contributed by atoms with Gasteiger partial charge in [0, 0.05) is 17.6 Å². The fourth-order valence-corrected chi connectivity index (χ4v) is 3.77. The van der Waals surface area contributed by atoms with Crippen molar-refractivity contribution in [3.63, 3.8) is 0 Å². The van der Waals surface area contributed by atoms with Crippen molar-refractivity contribution >= 4 is 40.6 Å². The lowest BCUT2D eigenvalue weighted by molar-refractivity contribution is -0.115. The second-order valence-corrected chi connectivity index (χ2v) is 7.46. The SMILES string of the molecule is Cc1ccccc1N=C1NC(=O)/C(=C\c2cccn2-c2cccc(C(=O)O)c2)S1. The van der Waals surface area contributed by atoms with Crippen LogP contribution in [0.3, 0.4) is 0 Å². The van der Waals surface area contributed by atoms with Gasteiger partial charge in [0.1, 0.15) is 0 Å². The number of benzene rings is 2. The van der Waals surface area contributed by atoms with E-state index in [9.17, 15) is 14.7 Å². The van der Waals surface area contributed by atoms with Crippen molar-refractivity contribution in [3.8, 4) is 5.69 Å². The molecular formula is C22H17N3O3S. The molecule has 1 aliphatic heterocycles. The van der Waals surface area contributed by atoms with Crippen molar-refractivity contribution in [2.75, 3.05) is 0 Å². The minimum Gasteiger partial charge on any atom is -0.478 e. The van der Waals surface area contributed by atoms with Crippen molar-refractivity contribution in [3.05, 3.63) is 88.6 Å². The lowest BCUT2D eigenvalue weighted by atomic mass is 10.2. The Balaban J connectivity index is 1.64. The summed E-state index contributed by atoms with van der Waals surface area (Å²) >= 11 is 1.28. The fourth-order valence-electron chi connectivity index (χ4n) is 2.95. The van der Waals surface area contributed by atoms with Crippen LogP contribution < -0.4 is 5.32 Å². The number of rotatable bonds is 4. The van der Waals surface area contributed by atoms with Gasteiger partial charge in [-0.2, -0.15) is 0 Å². The number of aromatic carboxylic acids is 1. The maximum absolute atomic E-state index is 12.4. The van der Waals surface area contributed by atoms with Crippen LogP contribution in [0, 0.1) is 6.92 Å². The van der Waals surface area contributed by atoms with Crippen LogP contribution in [-0.4, -0.2) is 26.7 Å². The lowest BCUT2D eigenvalue weighted by Gasteiger charge is -2.07.